The second-order valence-electron chi connectivity index (χ2n) is 5.86. The molecule has 23 heavy (non-hydrogen) atoms. The van der Waals surface area contributed by atoms with Gasteiger partial charge in [0, 0.05) is 10.1 Å². The summed E-state index contributed by atoms with van der Waals surface area (Å²) < 4.78 is 0. The zero-order valence-corrected chi connectivity index (χ0v) is 14.5. The first-order valence-electron chi connectivity index (χ1n) is 8.11. The third-order valence-corrected chi connectivity index (χ3v) is 6.48. The Bertz CT molecular complexity index is 794. The van der Waals surface area contributed by atoms with Crippen molar-refractivity contribution < 1.29 is 0 Å². The van der Waals surface area contributed by atoms with E-state index >= 15 is 0 Å². The number of rotatable bonds is 4. The van der Waals surface area contributed by atoms with Gasteiger partial charge in [-0.05, 0) is 36.4 Å². The summed E-state index contributed by atoms with van der Waals surface area (Å²) in [7, 11) is 0. The predicted octanol–water partition coefficient (Wildman–Crippen LogP) is 5.86. The minimum atomic E-state index is 0.748. The molecule has 0 saturated heterocycles. The topological polar surface area (TPSA) is 37.8 Å². The largest absolute Gasteiger partial charge is 0.339 e. The van der Waals surface area contributed by atoms with Crippen molar-refractivity contribution in [1.82, 2.24) is 9.97 Å². The van der Waals surface area contributed by atoms with Gasteiger partial charge in [0.2, 0.25) is 0 Å². The maximum absolute atomic E-state index is 4.44. The highest BCUT2D eigenvalue weighted by Gasteiger charge is 2.16. The number of para-hydroxylation sites is 1. The number of thioether (sulfide) groups is 1. The summed E-state index contributed by atoms with van der Waals surface area (Å²) in [6, 6.07) is 10.6. The third kappa shape index (κ3) is 3.35. The van der Waals surface area contributed by atoms with Crippen molar-refractivity contribution in [3.8, 4) is 0 Å². The molecule has 0 bridgehead atoms. The van der Waals surface area contributed by atoms with Gasteiger partial charge in [0.05, 0.1) is 11.1 Å². The summed E-state index contributed by atoms with van der Waals surface area (Å²) in [5.74, 6) is 0.896. The van der Waals surface area contributed by atoms with E-state index in [4.69, 9.17) is 0 Å². The highest BCUT2D eigenvalue weighted by molar-refractivity contribution is 8.00. The number of aromatic nitrogens is 2. The zero-order valence-electron chi connectivity index (χ0n) is 12.9. The van der Waals surface area contributed by atoms with Crippen LogP contribution in [0, 0.1) is 0 Å². The van der Waals surface area contributed by atoms with E-state index in [-0.39, 0.29) is 0 Å². The second-order valence-corrected chi connectivity index (χ2v) is 8.10. The molecule has 0 aliphatic heterocycles. The van der Waals surface area contributed by atoms with Crippen molar-refractivity contribution in [1.29, 1.82) is 0 Å². The Hall–Kier alpha value is -1.59. The molecule has 4 rings (SSSR count). The molecular weight excluding hydrogens is 322 g/mol. The van der Waals surface area contributed by atoms with Gasteiger partial charge in [-0.25, -0.2) is 9.97 Å². The van der Waals surface area contributed by atoms with Gasteiger partial charge in [-0.15, -0.1) is 23.1 Å². The fourth-order valence-electron chi connectivity index (χ4n) is 3.05. The van der Waals surface area contributed by atoms with Crippen LogP contribution >= 0.6 is 23.1 Å². The monoisotopic (exact) mass is 341 g/mol. The van der Waals surface area contributed by atoms with Crippen LogP contribution in [-0.4, -0.2) is 15.2 Å². The zero-order chi connectivity index (χ0) is 15.5. The highest BCUT2D eigenvalue weighted by atomic mass is 32.2. The fraction of sp³-hybridized carbons (Fsp3) is 0.333. The average molecular weight is 342 g/mol. The highest BCUT2D eigenvalue weighted by Crippen LogP contribution is 2.38. The maximum atomic E-state index is 4.44. The summed E-state index contributed by atoms with van der Waals surface area (Å²) in [6.45, 7) is 0. The molecule has 1 fully saturated rings. The lowest BCUT2D eigenvalue weighted by Gasteiger charge is -2.22. The molecule has 0 atom stereocenters. The molecule has 0 amide bonds. The van der Waals surface area contributed by atoms with Crippen molar-refractivity contribution in [2.45, 2.75) is 42.2 Å². The van der Waals surface area contributed by atoms with Crippen molar-refractivity contribution in [2.75, 3.05) is 5.32 Å². The van der Waals surface area contributed by atoms with Gasteiger partial charge < -0.3 is 5.32 Å². The lowest BCUT2D eigenvalue weighted by atomic mass is 10.0. The fourth-order valence-corrected chi connectivity index (χ4v) is 5.12. The normalized spacial score (nSPS) is 15.8. The summed E-state index contributed by atoms with van der Waals surface area (Å²) in [6.07, 6.45) is 8.44. The summed E-state index contributed by atoms with van der Waals surface area (Å²) in [5, 5.41) is 7.43. The predicted molar refractivity (Wildman–Crippen MR) is 99.9 cm³/mol. The number of nitrogens with one attached hydrogen (secondary N) is 1. The first-order chi connectivity index (χ1) is 11.4. The molecule has 0 spiro atoms. The first-order valence-corrected chi connectivity index (χ1v) is 9.87. The molecule has 1 saturated carbocycles. The van der Waals surface area contributed by atoms with Crippen molar-refractivity contribution in [3.63, 3.8) is 0 Å². The Kier molecular flexibility index (Phi) is 4.48. The number of hydrogen-bond donors (Lipinski definition) is 1. The van der Waals surface area contributed by atoms with Gasteiger partial charge in [0.1, 0.15) is 17.0 Å². The number of fused-ring (bicyclic) bond motifs is 1. The molecule has 5 heteroatoms. The van der Waals surface area contributed by atoms with E-state index < -0.39 is 0 Å². The molecule has 1 aromatic carbocycles. The van der Waals surface area contributed by atoms with Gasteiger partial charge in [-0.1, -0.05) is 31.4 Å². The smallest absolute Gasteiger partial charge is 0.142 e. The molecule has 118 valence electrons. The molecule has 1 N–H and O–H groups in total. The third-order valence-electron chi connectivity index (χ3n) is 4.25. The molecular formula is C18H19N3S2. The van der Waals surface area contributed by atoms with Gasteiger partial charge in [-0.3, -0.25) is 0 Å². The number of nitrogens with zero attached hydrogens (tertiary/aromatic N) is 2. The van der Waals surface area contributed by atoms with Crippen LogP contribution in [0.25, 0.3) is 10.2 Å². The van der Waals surface area contributed by atoms with E-state index in [1.54, 1.807) is 17.7 Å². The van der Waals surface area contributed by atoms with Crippen molar-refractivity contribution >= 4 is 44.8 Å². The Morgan fingerprint density at radius 2 is 1.91 bits per heavy atom. The molecule has 0 radical (unpaired) electrons. The first kappa shape index (κ1) is 15.0. The Balaban J connectivity index is 1.60. The van der Waals surface area contributed by atoms with Crippen LogP contribution < -0.4 is 5.32 Å². The van der Waals surface area contributed by atoms with E-state index in [0.29, 0.717) is 0 Å². The molecule has 3 nitrogen and oxygen atoms in total. The van der Waals surface area contributed by atoms with Crippen molar-refractivity contribution in [3.05, 3.63) is 42.0 Å². The molecule has 1 aliphatic rings. The van der Waals surface area contributed by atoms with E-state index in [1.165, 1.54) is 37.0 Å². The van der Waals surface area contributed by atoms with Crippen LogP contribution in [0.1, 0.15) is 32.1 Å². The van der Waals surface area contributed by atoms with Gasteiger partial charge >= 0.3 is 0 Å². The van der Waals surface area contributed by atoms with Crippen LogP contribution in [0.15, 0.2) is 46.9 Å². The Labute approximate surface area is 144 Å². The van der Waals surface area contributed by atoms with E-state index in [9.17, 15) is 0 Å². The molecule has 1 aliphatic carbocycles. The SMILES string of the molecule is c1ccc(SC2CCCCC2)c(Nc2ncnc3sccc23)c1. The lowest BCUT2D eigenvalue weighted by molar-refractivity contribution is 0.516. The number of benzene rings is 1. The van der Waals surface area contributed by atoms with Crippen molar-refractivity contribution in [2.24, 2.45) is 0 Å². The average Bonchev–Trinajstić information content (AvgIpc) is 3.07. The van der Waals surface area contributed by atoms with E-state index in [1.807, 2.05) is 11.8 Å². The number of hydrogen-bond acceptors (Lipinski definition) is 5. The van der Waals surface area contributed by atoms with Crippen LogP contribution in [-0.2, 0) is 0 Å². The quantitative estimate of drug-likeness (QED) is 0.645. The van der Waals surface area contributed by atoms with Crippen LogP contribution in [0.5, 0.6) is 0 Å². The molecule has 2 aromatic heterocycles. The van der Waals surface area contributed by atoms with E-state index in [2.05, 4.69) is 51.0 Å². The Morgan fingerprint density at radius 1 is 1.04 bits per heavy atom. The maximum Gasteiger partial charge on any atom is 0.142 e. The summed E-state index contributed by atoms with van der Waals surface area (Å²) >= 11 is 3.66. The van der Waals surface area contributed by atoms with Gasteiger partial charge in [0.25, 0.3) is 0 Å². The molecule has 2 heterocycles. The summed E-state index contributed by atoms with van der Waals surface area (Å²) in [4.78, 5) is 11.1. The summed E-state index contributed by atoms with van der Waals surface area (Å²) in [5.41, 5.74) is 1.15. The van der Waals surface area contributed by atoms with Gasteiger partial charge in [-0.2, -0.15) is 0 Å². The van der Waals surface area contributed by atoms with Crippen LogP contribution in [0.4, 0.5) is 11.5 Å². The molecule has 3 aromatic rings. The standard InChI is InChI=1S/C18H19N3S2/c1-2-6-13(7-3-1)23-16-9-5-4-8-15(16)21-17-14-10-11-22-18(14)20-12-19-17/h4-5,8-13H,1-3,6-7H2,(H,19,20,21). The molecule has 0 unspecified atom stereocenters. The minimum absolute atomic E-state index is 0.748. The van der Waals surface area contributed by atoms with E-state index in [0.717, 1.165) is 27.0 Å². The Morgan fingerprint density at radius 3 is 2.83 bits per heavy atom. The minimum Gasteiger partial charge on any atom is -0.339 e. The lowest BCUT2D eigenvalue weighted by Crippen LogP contribution is -2.08. The van der Waals surface area contributed by atoms with Gasteiger partial charge in [0.15, 0.2) is 0 Å². The van der Waals surface area contributed by atoms with Crippen LogP contribution in [0.2, 0.25) is 0 Å². The van der Waals surface area contributed by atoms with Crippen LogP contribution in [0.3, 0.4) is 0 Å². The number of anilines is 2. The second kappa shape index (κ2) is 6.89. The number of thiophene rings is 1.